The molecule has 0 saturated carbocycles. The van der Waals surface area contributed by atoms with Gasteiger partial charge in [0.2, 0.25) is 0 Å². The van der Waals surface area contributed by atoms with E-state index in [0.717, 1.165) is 12.1 Å². The SMILES string of the molecule is COc1cccc(C(=O)NCCNC(=O)Nc2ccc(F)cc2C#N)c1. The van der Waals surface area contributed by atoms with Crippen molar-refractivity contribution in [2.24, 2.45) is 0 Å². The third-order valence-corrected chi connectivity index (χ3v) is 3.38. The maximum absolute atomic E-state index is 13.1. The van der Waals surface area contributed by atoms with E-state index in [1.807, 2.05) is 0 Å². The Morgan fingerprint density at radius 3 is 2.65 bits per heavy atom. The van der Waals surface area contributed by atoms with Crippen LogP contribution in [-0.2, 0) is 0 Å². The quantitative estimate of drug-likeness (QED) is 0.691. The standard InChI is InChI=1S/C18H17FN4O3/c1-26-15-4-2-3-12(10-15)17(24)21-7-8-22-18(25)23-16-6-5-14(19)9-13(16)11-20/h2-6,9-10H,7-8H2,1H3,(H,21,24)(H2,22,23,25). The smallest absolute Gasteiger partial charge is 0.319 e. The van der Waals surface area contributed by atoms with Gasteiger partial charge in [0.1, 0.15) is 17.6 Å². The number of amides is 3. The van der Waals surface area contributed by atoms with Crippen LogP contribution < -0.4 is 20.7 Å². The Labute approximate surface area is 149 Å². The second-order valence-electron chi connectivity index (χ2n) is 5.17. The van der Waals surface area contributed by atoms with E-state index in [-0.39, 0.29) is 30.2 Å². The third-order valence-electron chi connectivity index (χ3n) is 3.38. The fourth-order valence-electron chi connectivity index (χ4n) is 2.10. The summed E-state index contributed by atoms with van der Waals surface area (Å²) in [5.74, 6) is -0.285. The van der Waals surface area contributed by atoms with E-state index in [1.54, 1.807) is 30.3 Å². The van der Waals surface area contributed by atoms with E-state index in [2.05, 4.69) is 16.0 Å². The molecule has 0 aliphatic heterocycles. The van der Waals surface area contributed by atoms with Gasteiger partial charge in [-0.1, -0.05) is 6.07 Å². The molecule has 2 rings (SSSR count). The summed E-state index contributed by atoms with van der Waals surface area (Å²) in [6.45, 7) is 0.378. The summed E-state index contributed by atoms with van der Waals surface area (Å²) in [5, 5.41) is 16.6. The highest BCUT2D eigenvalue weighted by Gasteiger charge is 2.08. The first-order valence-electron chi connectivity index (χ1n) is 7.70. The van der Waals surface area contributed by atoms with Crippen molar-refractivity contribution in [3.05, 3.63) is 59.4 Å². The average Bonchev–Trinajstić information content (AvgIpc) is 2.66. The maximum atomic E-state index is 13.1. The molecule has 3 amide bonds. The molecule has 2 aromatic rings. The molecule has 7 nitrogen and oxygen atoms in total. The first-order valence-corrected chi connectivity index (χ1v) is 7.70. The van der Waals surface area contributed by atoms with Gasteiger partial charge in [0.15, 0.2) is 0 Å². The number of benzene rings is 2. The minimum absolute atomic E-state index is 0.0199. The lowest BCUT2D eigenvalue weighted by atomic mass is 10.2. The van der Waals surface area contributed by atoms with Crippen molar-refractivity contribution in [2.45, 2.75) is 0 Å². The van der Waals surface area contributed by atoms with Gasteiger partial charge in [0.25, 0.3) is 5.91 Å². The van der Waals surface area contributed by atoms with Crippen molar-refractivity contribution in [1.29, 1.82) is 5.26 Å². The zero-order valence-electron chi connectivity index (χ0n) is 14.0. The lowest BCUT2D eigenvalue weighted by molar-refractivity contribution is 0.0953. The molecule has 3 N–H and O–H groups in total. The molecule has 0 aliphatic carbocycles. The van der Waals surface area contributed by atoms with Crippen LogP contribution in [0.5, 0.6) is 5.75 Å². The number of ether oxygens (including phenoxy) is 1. The van der Waals surface area contributed by atoms with Crippen molar-refractivity contribution in [3.63, 3.8) is 0 Å². The van der Waals surface area contributed by atoms with Crippen molar-refractivity contribution in [3.8, 4) is 11.8 Å². The van der Waals surface area contributed by atoms with E-state index in [9.17, 15) is 14.0 Å². The number of anilines is 1. The van der Waals surface area contributed by atoms with Gasteiger partial charge in [-0.2, -0.15) is 5.26 Å². The number of nitrogens with zero attached hydrogens (tertiary/aromatic N) is 1. The second-order valence-corrected chi connectivity index (χ2v) is 5.17. The lowest BCUT2D eigenvalue weighted by Gasteiger charge is -2.10. The van der Waals surface area contributed by atoms with Crippen LogP contribution in [0.15, 0.2) is 42.5 Å². The van der Waals surface area contributed by atoms with Crippen LogP contribution in [0.1, 0.15) is 15.9 Å². The minimum Gasteiger partial charge on any atom is -0.497 e. The predicted octanol–water partition coefficient (Wildman–Crippen LogP) is 2.26. The Hall–Kier alpha value is -3.60. The number of methoxy groups -OCH3 is 1. The molecule has 0 bridgehead atoms. The molecule has 0 spiro atoms. The number of rotatable bonds is 6. The highest BCUT2D eigenvalue weighted by Crippen LogP contribution is 2.15. The Bertz CT molecular complexity index is 849. The van der Waals surface area contributed by atoms with Gasteiger partial charge in [-0.15, -0.1) is 0 Å². The van der Waals surface area contributed by atoms with Gasteiger partial charge in [-0.3, -0.25) is 4.79 Å². The van der Waals surface area contributed by atoms with Crippen molar-refractivity contribution in [1.82, 2.24) is 10.6 Å². The number of carbonyl (C=O) groups excluding carboxylic acids is 2. The Morgan fingerprint density at radius 1 is 1.15 bits per heavy atom. The fraction of sp³-hybridized carbons (Fsp3) is 0.167. The van der Waals surface area contributed by atoms with Crippen LogP contribution in [0.4, 0.5) is 14.9 Å². The number of hydrogen-bond acceptors (Lipinski definition) is 4. The van der Waals surface area contributed by atoms with Gasteiger partial charge >= 0.3 is 6.03 Å². The van der Waals surface area contributed by atoms with Crippen LogP contribution in [0.3, 0.4) is 0 Å². The zero-order chi connectivity index (χ0) is 18.9. The summed E-state index contributed by atoms with van der Waals surface area (Å²) in [4.78, 5) is 23.8. The Balaban J connectivity index is 1.78. The van der Waals surface area contributed by atoms with Gasteiger partial charge in [0.05, 0.1) is 18.4 Å². The molecule has 8 heteroatoms. The van der Waals surface area contributed by atoms with Gasteiger partial charge in [-0.05, 0) is 36.4 Å². The number of carbonyl (C=O) groups is 2. The van der Waals surface area contributed by atoms with Gasteiger partial charge in [0, 0.05) is 18.7 Å². The average molecular weight is 356 g/mol. The topological polar surface area (TPSA) is 103 Å². The van der Waals surface area contributed by atoms with E-state index >= 15 is 0 Å². The highest BCUT2D eigenvalue weighted by molar-refractivity contribution is 5.94. The monoisotopic (exact) mass is 356 g/mol. The van der Waals surface area contributed by atoms with Crippen LogP contribution in [0.2, 0.25) is 0 Å². The highest BCUT2D eigenvalue weighted by atomic mass is 19.1. The number of hydrogen-bond donors (Lipinski definition) is 3. The Kier molecular flexibility index (Phi) is 6.51. The van der Waals surface area contributed by atoms with E-state index in [4.69, 9.17) is 10.00 Å². The van der Waals surface area contributed by atoms with Crippen LogP contribution in [-0.4, -0.2) is 32.1 Å². The molecule has 0 aromatic heterocycles. The molecular weight excluding hydrogens is 339 g/mol. The summed E-state index contributed by atoms with van der Waals surface area (Å²) in [5.41, 5.74) is 0.664. The van der Waals surface area contributed by atoms with E-state index in [0.29, 0.717) is 11.3 Å². The summed E-state index contributed by atoms with van der Waals surface area (Å²) < 4.78 is 18.1. The molecule has 0 unspecified atom stereocenters. The van der Waals surface area contributed by atoms with Crippen molar-refractivity contribution < 1.29 is 18.7 Å². The molecular formula is C18H17FN4O3. The molecule has 0 aliphatic rings. The number of halogens is 1. The fourth-order valence-corrected chi connectivity index (χ4v) is 2.10. The van der Waals surface area contributed by atoms with Crippen LogP contribution in [0.25, 0.3) is 0 Å². The molecule has 2 aromatic carbocycles. The second kappa shape index (κ2) is 9.03. The van der Waals surface area contributed by atoms with E-state index < -0.39 is 11.8 Å². The summed E-state index contributed by atoms with van der Waals surface area (Å²) in [7, 11) is 1.51. The molecule has 26 heavy (non-hydrogen) atoms. The predicted molar refractivity (Wildman–Crippen MR) is 93.5 cm³/mol. The number of nitriles is 1. The summed E-state index contributed by atoms with van der Waals surface area (Å²) >= 11 is 0. The first-order chi connectivity index (χ1) is 12.5. The molecule has 0 saturated heterocycles. The first kappa shape index (κ1) is 18.7. The summed E-state index contributed by atoms with van der Waals surface area (Å²) in [6, 6.07) is 11.4. The molecule has 134 valence electrons. The normalized spacial score (nSPS) is 9.73. The molecule has 0 radical (unpaired) electrons. The van der Waals surface area contributed by atoms with E-state index in [1.165, 1.54) is 13.2 Å². The zero-order valence-corrected chi connectivity index (χ0v) is 14.0. The van der Waals surface area contributed by atoms with Crippen LogP contribution >= 0.6 is 0 Å². The lowest BCUT2D eigenvalue weighted by Crippen LogP contribution is -2.36. The Morgan fingerprint density at radius 2 is 1.92 bits per heavy atom. The largest absolute Gasteiger partial charge is 0.497 e. The molecule has 0 heterocycles. The molecule has 0 atom stereocenters. The van der Waals surface area contributed by atoms with Crippen molar-refractivity contribution in [2.75, 3.05) is 25.5 Å². The molecule has 0 fully saturated rings. The number of urea groups is 1. The summed E-state index contributed by atoms with van der Waals surface area (Å²) in [6.07, 6.45) is 0. The van der Waals surface area contributed by atoms with Crippen molar-refractivity contribution >= 4 is 17.6 Å². The van der Waals surface area contributed by atoms with Gasteiger partial charge in [-0.25, -0.2) is 9.18 Å². The van der Waals surface area contributed by atoms with Crippen LogP contribution in [0, 0.1) is 17.1 Å². The minimum atomic E-state index is -0.566. The third kappa shape index (κ3) is 5.21. The van der Waals surface area contributed by atoms with Gasteiger partial charge < -0.3 is 20.7 Å². The maximum Gasteiger partial charge on any atom is 0.319 e. The number of nitrogens with one attached hydrogen (secondary N) is 3.